The molecule has 6 nitrogen and oxygen atoms in total. The monoisotopic (exact) mass is 383 g/mol. The van der Waals surface area contributed by atoms with Crippen molar-refractivity contribution in [2.75, 3.05) is 25.5 Å². The molecule has 3 rings (SSSR count). The van der Waals surface area contributed by atoms with Gasteiger partial charge in [0.1, 0.15) is 11.6 Å². The lowest BCUT2D eigenvalue weighted by atomic mass is 10.0. The van der Waals surface area contributed by atoms with Gasteiger partial charge in [-0.25, -0.2) is 9.18 Å². The lowest BCUT2D eigenvalue weighted by molar-refractivity contribution is 0.0645. The largest absolute Gasteiger partial charge is 0.496 e. The first-order chi connectivity index (χ1) is 13.6. The molecule has 1 heterocycles. The molecule has 1 N–H and O–H groups in total. The number of hydrogen-bond acceptors (Lipinski definition) is 4. The summed E-state index contributed by atoms with van der Waals surface area (Å²) in [5.41, 5.74) is 2.02. The van der Waals surface area contributed by atoms with Crippen molar-refractivity contribution < 1.29 is 18.8 Å². The number of nitrogens with one attached hydrogen (secondary N) is 1. The maximum Gasteiger partial charge on any atom is 0.322 e. The Morgan fingerprint density at radius 2 is 2.21 bits per heavy atom. The number of oxime groups is 1. The van der Waals surface area contributed by atoms with E-state index in [0.29, 0.717) is 25.2 Å². The molecule has 2 amide bonds. The zero-order chi connectivity index (χ0) is 19.9. The molecule has 0 bridgehead atoms. The minimum absolute atomic E-state index is 0.293. The molecule has 1 aliphatic heterocycles. The Morgan fingerprint density at radius 3 is 2.96 bits per heavy atom. The predicted molar refractivity (Wildman–Crippen MR) is 106 cm³/mol. The molecule has 0 fully saturated rings. The summed E-state index contributed by atoms with van der Waals surface area (Å²) in [6, 6.07) is 13.0. The van der Waals surface area contributed by atoms with Gasteiger partial charge in [0.2, 0.25) is 0 Å². The average molecular weight is 383 g/mol. The lowest BCUT2D eigenvalue weighted by Crippen LogP contribution is -2.40. The van der Waals surface area contributed by atoms with Gasteiger partial charge in [-0.2, -0.15) is 0 Å². The maximum absolute atomic E-state index is 13.3. The van der Waals surface area contributed by atoms with Gasteiger partial charge in [0.05, 0.1) is 19.4 Å². The molecule has 1 aliphatic rings. The van der Waals surface area contributed by atoms with Crippen molar-refractivity contribution >= 4 is 17.4 Å². The fourth-order valence-corrected chi connectivity index (χ4v) is 2.98. The molecule has 0 saturated carbocycles. The number of para-hydroxylation sites is 1. The van der Waals surface area contributed by atoms with Crippen LogP contribution in [0.15, 0.2) is 66.3 Å². The normalized spacial score (nSPS) is 15.4. The summed E-state index contributed by atoms with van der Waals surface area (Å²) in [6.45, 7) is 4.34. The van der Waals surface area contributed by atoms with Gasteiger partial charge in [0.25, 0.3) is 0 Å². The van der Waals surface area contributed by atoms with Crippen LogP contribution in [0.25, 0.3) is 0 Å². The highest BCUT2D eigenvalue weighted by atomic mass is 19.1. The Labute approximate surface area is 163 Å². The third-order valence-electron chi connectivity index (χ3n) is 4.29. The molecule has 1 atom stereocenters. The minimum Gasteiger partial charge on any atom is -0.496 e. The second-order valence-corrected chi connectivity index (χ2v) is 6.30. The summed E-state index contributed by atoms with van der Waals surface area (Å²) >= 11 is 0. The summed E-state index contributed by atoms with van der Waals surface area (Å²) in [7, 11) is 1.61. The maximum atomic E-state index is 13.3. The van der Waals surface area contributed by atoms with E-state index in [1.165, 1.54) is 18.2 Å². The molecule has 2 aromatic carbocycles. The summed E-state index contributed by atoms with van der Waals surface area (Å²) in [5.74, 6) is 0.305. The molecule has 28 heavy (non-hydrogen) atoms. The fourth-order valence-electron chi connectivity index (χ4n) is 2.98. The Bertz CT molecular complexity index is 885. The molecular weight excluding hydrogens is 361 g/mol. The van der Waals surface area contributed by atoms with E-state index in [1.807, 2.05) is 24.3 Å². The van der Waals surface area contributed by atoms with E-state index in [1.54, 1.807) is 24.2 Å². The van der Waals surface area contributed by atoms with Gasteiger partial charge in [-0.1, -0.05) is 29.4 Å². The van der Waals surface area contributed by atoms with Crippen LogP contribution in [-0.4, -0.2) is 42.9 Å². The van der Waals surface area contributed by atoms with Crippen LogP contribution in [0.3, 0.4) is 0 Å². The Morgan fingerprint density at radius 1 is 1.39 bits per heavy atom. The van der Waals surface area contributed by atoms with Crippen LogP contribution >= 0.6 is 0 Å². The number of amides is 2. The number of methoxy groups -OCH3 is 1. The quantitative estimate of drug-likeness (QED) is 0.734. The number of rotatable bonds is 7. The Kier molecular flexibility index (Phi) is 6.26. The smallest absolute Gasteiger partial charge is 0.322 e. The zero-order valence-corrected chi connectivity index (χ0v) is 15.6. The average Bonchev–Trinajstić information content (AvgIpc) is 3.16. The third kappa shape index (κ3) is 4.68. The van der Waals surface area contributed by atoms with Gasteiger partial charge < -0.3 is 19.8 Å². The minimum atomic E-state index is -0.415. The van der Waals surface area contributed by atoms with Gasteiger partial charge in [-0.05, 0) is 30.3 Å². The summed E-state index contributed by atoms with van der Waals surface area (Å²) in [5, 5.41) is 6.86. The standard InChI is InChI=1S/C21H22FN3O3/c1-3-11-25(21(26)23-16-8-6-7-15(22)12-16)14-17-13-19(24-28-17)18-9-4-5-10-20(18)27-2/h3-10,12,17H,1,11,13-14H2,2H3,(H,23,26)/t17-/m1/s1. The number of carbonyl (C=O) groups is 1. The molecule has 0 unspecified atom stereocenters. The van der Waals surface area contributed by atoms with E-state index < -0.39 is 5.82 Å². The fraction of sp³-hybridized carbons (Fsp3) is 0.238. The molecule has 0 saturated heterocycles. The van der Waals surface area contributed by atoms with Crippen molar-refractivity contribution in [1.29, 1.82) is 0 Å². The SMILES string of the molecule is C=CCN(C[C@H]1CC(c2ccccc2OC)=NO1)C(=O)Nc1cccc(F)c1. The number of benzene rings is 2. The first-order valence-corrected chi connectivity index (χ1v) is 8.89. The summed E-state index contributed by atoms with van der Waals surface area (Å²) < 4.78 is 18.7. The molecule has 2 aromatic rings. The second kappa shape index (κ2) is 9.03. The van der Waals surface area contributed by atoms with E-state index in [4.69, 9.17) is 9.57 Å². The van der Waals surface area contributed by atoms with E-state index in [0.717, 1.165) is 17.0 Å². The van der Waals surface area contributed by atoms with Crippen LogP contribution < -0.4 is 10.1 Å². The number of carbonyl (C=O) groups excluding carboxylic acids is 1. The number of hydrogen-bond donors (Lipinski definition) is 1. The predicted octanol–water partition coefficient (Wildman–Crippen LogP) is 4.05. The highest BCUT2D eigenvalue weighted by Crippen LogP contribution is 2.25. The number of halogens is 1. The molecular formula is C21H22FN3O3. The van der Waals surface area contributed by atoms with Crippen LogP contribution in [0.1, 0.15) is 12.0 Å². The molecule has 146 valence electrons. The van der Waals surface area contributed by atoms with Crippen molar-refractivity contribution in [2.24, 2.45) is 5.16 Å². The van der Waals surface area contributed by atoms with Gasteiger partial charge in [-0.3, -0.25) is 0 Å². The molecule has 0 radical (unpaired) electrons. The van der Waals surface area contributed by atoms with Crippen LogP contribution in [0.2, 0.25) is 0 Å². The molecule has 0 aromatic heterocycles. The van der Waals surface area contributed by atoms with Crippen LogP contribution in [0.5, 0.6) is 5.75 Å². The van der Waals surface area contributed by atoms with Crippen molar-refractivity contribution in [2.45, 2.75) is 12.5 Å². The lowest BCUT2D eigenvalue weighted by Gasteiger charge is -2.23. The molecule has 0 spiro atoms. The number of urea groups is 1. The highest BCUT2D eigenvalue weighted by Gasteiger charge is 2.27. The summed E-state index contributed by atoms with van der Waals surface area (Å²) in [4.78, 5) is 19.7. The second-order valence-electron chi connectivity index (χ2n) is 6.30. The first kappa shape index (κ1) is 19.4. The van der Waals surface area contributed by atoms with E-state index in [2.05, 4.69) is 17.1 Å². The van der Waals surface area contributed by atoms with E-state index >= 15 is 0 Å². The van der Waals surface area contributed by atoms with Gasteiger partial charge in [0, 0.05) is 24.2 Å². The van der Waals surface area contributed by atoms with E-state index in [-0.39, 0.29) is 12.1 Å². The molecule has 7 heteroatoms. The molecule has 0 aliphatic carbocycles. The van der Waals surface area contributed by atoms with Crippen molar-refractivity contribution in [3.8, 4) is 5.75 Å². The van der Waals surface area contributed by atoms with Gasteiger partial charge in [-0.15, -0.1) is 6.58 Å². The first-order valence-electron chi connectivity index (χ1n) is 8.89. The number of anilines is 1. The van der Waals surface area contributed by atoms with Crippen molar-refractivity contribution in [3.63, 3.8) is 0 Å². The Balaban J connectivity index is 1.63. The number of ether oxygens (including phenoxy) is 1. The summed E-state index contributed by atoms with van der Waals surface area (Å²) in [6.07, 6.45) is 1.88. The Hall–Kier alpha value is -3.35. The van der Waals surface area contributed by atoms with Crippen molar-refractivity contribution in [3.05, 3.63) is 72.6 Å². The van der Waals surface area contributed by atoms with Gasteiger partial charge in [0.15, 0.2) is 6.10 Å². The van der Waals surface area contributed by atoms with Crippen molar-refractivity contribution in [1.82, 2.24) is 4.90 Å². The van der Waals surface area contributed by atoms with Crippen LogP contribution in [0, 0.1) is 5.82 Å². The van der Waals surface area contributed by atoms with E-state index in [9.17, 15) is 9.18 Å². The van der Waals surface area contributed by atoms with Crippen LogP contribution in [-0.2, 0) is 4.84 Å². The third-order valence-corrected chi connectivity index (χ3v) is 4.29. The van der Waals surface area contributed by atoms with Crippen LogP contribution in [0.4, 0.5) is 14.9 Å². The number of nitrogens with zero attached hydrogens (tertiary/aromatic N) is 2. The highest BCUT2D eigenvalue weighted by molar-refractivity contribution is 6.03. The topological polar surface area (TPSA) is 63.2 Å². The zero-order valence-electron chi connectivity index (χ0n) is 15.6. The van der Waals surface area contributed by atoms with Gasteiger partial charge >= 0.3 is 6.03 Å².